The lowest BCUT2D eigenvalue weighted by Crippen LogP contribution is -2.38. The summed E-state index contributed by atoms with van der Waals surface area (Å²) >= 11 is 0. The van der Waals surface area contributed by atoms with E-state index in [1.165, 1.54) is 6.42 Å². The smallest absolute Gasteiger partial charge is 0.203 e. The molecule has 26 heavy (non-hydrogen) atoms. The van der Waals surface area contributed by atoms with Crippen molar-refractivity contribution in [1.29, 1.82) is 5.41 Å². The van der Waals surface area contributed by atoms with E-state index in [0.717, 1.165) is 36.3 Å². The van der Waals surface area contributed by atoms with Gasteiger partial charge in [-0.2, -0.15) is 0 Å². The Morgan fingerprint density at radius 1 is 1.04 bits per heavy atom. The molecule has 5 nitrogen and oxygen atoms in total. The van der Waals surface area contributed by atoms with Crippen LogP contribution in [-0.2, 0) is 6.54 Å². The lowest BCUT2D eigenvalue weighted by Gasteiger charge is -2.30. The van der Waals surface area contributed by atoms with Crippen LogP contribution in [0.25, 0.3) is 11.0 Å². The fourth-order valence-electron chi connectivity index (χ4n) is 3.97. The number of piperidine rings is 1. The first-order chi connectivity index (χ1) is 12.7. The first kappa shape index (κ1) is 16.9. The Balaban J connectivity index is 1.62. The van der Waals surface area contributed by atoms with E-state index in [-0.39, 0.29) is 0 Å². The molecular formula is C21H26N4O. The maximum absolute atomic E-state index is 8.81. The summed E-state index contributed by atoms with van der Waals surface area (Å²) in [7, 11) is 2.17. The standard InChI is InChI=1S/C21H26N4O/c1-23-13-7-8-17(16-23)25-20-12-6-5-11-19(20)24(21(25)22)14-15-26-18-9-3-2-4-10-18/h2-6,9-12,17,22H,7-8,13-16H2,1H3. The number of nitrogens with one attached hydrogen (secondary N) is 1. The van der Waals surface area contributed by atoms with Crippen molar-refractivity contribution in [2.45, 2.75) is 25.4 Å². The molecule has 0 bridgehead atoms. The van der Waals surface area contributed by atoms with Gasteiger partial charge in [0.05, 0.1) is 17.6 Å². The Hall–Kier alpha value is -2.53. The molecule has 2 heterocycles. The van der Waals surface area contributed by atoms with E-state index in [2.05, 4.69) is 39.3 Å². The van der Waals surface area contributed by atoms with Gasteiger partial charge in [-0.15, -0.1) is 0 Å². The molecule has 1 aromatic heterocycles. The zero-order valence-electron chi connectivity index (χ0n) is 15.3. The second-order valence-corrected chi connectivity index (χ2v) is 7.05. The Bertz CT molecular complexity index is 928. The molecule has 1 saturated heterocycles. The second-order valence-electron chi connectivity index (χ2n) is 7.05. The first-order valence-electron chi connectivity index (χ1n) is 9.35. The summed E-state index contributed by atoms with van der Waals surface area (Å²) in [5.41, 5.74) is 2.84. The summed E-state index contributed by atoms with van der Waals surface area (Å²) in [5.74, 6) is 0.872. The average Bonchev–Trinajstić information content (AvgIpc) is 2.94. The Labute approximate surface area is 153 Å². The minimum atomic E-state index is 0.363. The van der Waals surface area contributed by atoms with Crippen molar-refractivity contribution in [2.75, 3.05) is 26.7 Å². The molecule has 1 N–H and O–H groups in total. The number of hydrogen-bond acceptors (Lipinski definition) is 3. The molecule has 1 aliphatic rings. The Kier molecular flexibility index (Phi) is 4.80. The molecule has 0 radical (unpaired) electrons. The maximum Gasteiger partial charge on any atom is 0.203 e. The molecule has 2 aromatic carbocycles. The van der Waals surface area contributed by atoms with E-state index in [1.54, 1.807) is 0 Å². The van der Waals surface area contributed by atoms with Gasteiger partial charge in [0.25, 0.3) is 0 Å². The molecule has 0 amide bonds. The summed E-state index contributed by atoms with van der Waals surface area (Å²) in [5, 5.41) is 8.81. The van der Waals surface area contributed by atoms with E-state index in [4.69, 9.17) is 10.1 Å². The number of fused-ring (bicyclic) bond motifs is 1. The first-order valence-corrected chi connectivity index (χ1v) is 9.35. The molecule has 1 atom stereocenters. The molecule has 3 aromatic rings. The van der Waals surface area contributed by atoms with E-state index in [0.29, 0.717) is 24.8 Å². The minimum Gasteiger partial charge on any atom is -0.492 e. The highest BCUT2D eigenvalue weighted by atomic mass is 16.5. The maximum atomic E-state index is 8.81. The third-order valence-corrected chi connectivity index (χ3v) is 5.21. The van der Waals surface area contributed by atoms with Crippen LogP contribution in [0.5, 0.6) is 5.75 Å². The van der Waals surface area contributed by atoms with Gasteiger partial charge in [-0.1, -0.05) is 30.3 Å². The molecule has 1 fully saturated rings. The van der Waals surface area contributed by atoms with E-state index >= 15 is 0 Å². The number of ether oxygens (including phenoxy) is 1. The minimum absolute atomic E-state index is 0.363. The topological polar surface area (TPSA) is 46.2 Å². The monoisotopic (exact) mass is 350 g/mol. The fourth-order valence-corrected chi connectivity index (χ4v) is 3.97. The van der Waals surface area contributed by atoms with Crippen LogP contribution in [0, 0.1) is 5.41 Å². The number of likely N-dealkylation sites (tertiary alicyclic amines) is 1. The van der Waals surface area contributed by atoms with E-state index in [9.17, 15) is 0 Å². The van der Waals surface area contributed by atoms with Crippen molar-refractivity contribution in [2.24, 2.45) is 0 Å². The quantitative estimate of drug-likeness (QED) is 0.768. The lowest BCUT2D eigenvalue weighted by molar-refractivity contribution is 0.209. The van der Waals surface area contributed by atoms with Crippen LogP contribution in [0.1, 0.15) is 18.9 Å². The van der Waals surface area contributed by atoms with Crippen LogP contribution in [0.15, 0.2) is 54.6 Å². The van der Waals surface area contributed by atoms with Crippen LogP contribution in [0.2, 0.25) is 0 Å². The summed E-state index contributed by atoms with van der Waals surface area (Å²) in [6, 6.07) is 18.6. The molecule has 4 rings (SSSR count). The van der Waals surface area contributed by atoms with Gasteiger partial charge in [-0.3, -0.25) is 5.41 Å². The van der Waals surface area contributed by atoms with Gasteiger partial charge in [-0.25, -0.2) is 0 Å². The van der Waals surface area contributed by atoms with Crippen molar-refractivity contribution in [3.05, 3.63) is 60.2 Å². The fraction of sp³-hybridized carbons (Fsp3) is 0.381. The van der Waals surface area contributed by atoms with Crippen molar-refractivity contribution in [1.82, 2.24) is 14.0 Å². The van der Waals surface area contributed by atoms with Crippen LogP contribution < -0.4 is 10.4 Å². The molecule has 0 saturated carbocycles. The molecule has 5 heteroatoms. The summed E-state index contributed by atoms with van der Waals surface area (Å²) in [6.45, 7) is 3.38. The van der Waals surface area contributed by atoms with Crippen molar-refractivity contribution in [3.8, 4) is 5.75 Å². The summed E-state index contributed by atoms with van der Waals surface area (Å²) in [6.07, 6.45) is 2.32. The Morgan fingerprint density at radius 2 is 1.77 bits per heavy atom. The van der Waals surface area contributed by atoms with Crippen molar-refractivity contribution < 1.29 is 4.74 Å². The zero-order valence-corrected chi connectivity index (χ0v) is 15.3. The van der Waals surface area contributed by atoms with E-state index in [1.807, 2.05) is 36.4 Å². The van der Waals surface area contributed by atoms with E-state index < -0.39 is 0 Å². The number of rotatable bonds is 5. The molecule has 0 aliphatic carbocycles. The molecule has 136 valence electrons. The highest BCUT2D eigenvalue weighted by Crippen LogP contribution is 2.24. The largest absolute Gasteiger partial charge is 0.492 e. The van der Waals surface area contributed by atoms with Gasteiger partial charge in [0, 0.05) is 12.6 Å². The predicted octanol–water partition coefficient (Wildman–Crippen LogP) is 3.27. The number of nitrogens with zero attached hydrogens (tertiary/aromatic N) is 3. The third kappa shape index (κ3) is 3.27. The van der Waals surface area contributed by atoms with Crippen LogP contribution in [0.3, 0.4) is 0 Å². The van der Waals surface area contributed by atoms with Gasteiger partial charge in [-0.05, 0) is 50.7 Å². The Morgan fingerprint density at radius 3 is 2.54 bits per heavy atom. The number of aromatic nitrogens is 2. The number of likely N-dealkylation sites (N-methyl/N-ethyl adjacent to an activating group) is 1. The highest BCUT2D eigenvalue weighted by Gasteiger charge is 2.22. The SMILES string of the molecule is CN1CCCC(n2c(=N)n(CCOc3ccccc3)c3ccccc32)C1. The lowest BCUT2D eigenvalue weighted by atomic mass is 10.1. The molecule has 1 unspecified atom stereocenters. The molecule has 0 spiro atoms. The highest BCUT2D eigenvalue weighted by molar-refractivity contribution is 5.76. The van der Waals surface area contributed by atoms with Gasteiger partial charge >= 0.3 is 0 Å². The zero-order chi connectivity index (χ0) is 17.9. The number of imidazole rings is 1. The number of benzene rings is 2. The number of para-hydroxylation sites is 3. The third-order valence-electron chi connectivity index (χ3n) is 5.21. The number of hydrogen-bond donors (Lipinski definition) is 1. The van der Waals surface area contributed by atoms with Gasteiger partial charge < -0.3 is 18.8 Å². The van der Waals surface area contributed by atoms with Crippen molar-refractivity contribution in [3.63, 3.8) is 0 Å². The molecule has 1 aliphatic heterocycles. The molecular weight excluding hydrogens is 324 g/mol. The van der Waals surface area contributed by atoms with Crippen LogP contribution in [-0.4, -0.2) is 40.8 Å². The summed E-state index contributed by atoms with van der Waals surface area (Å²) < 4.78 is 10.2. The van der Waals surface area contributed by atoms with Gasteiger partial charge in [0.1, 0.15) is 12.4 Å². The average molecular weight is 350 g/mol. The van der Waals surface area contributed by atoms with Gasteiger partial charge in [0.2, 0.25) is 5.62 Å². The summed E-state index contributed by atoms with van der Waals surface area (Å²) in [4.78, 5) is 2.37. The predicted molar refractivity (Wildman–Crippen MR) is 103 cm³/mol. The second kappa shape index (κ2) is 7.38. The normalized spacial score (nSPS) is 18.3. The van der Waals surface area contributed by atoms with Gasteiger partial charge in [0.15, 0.2) is 0 Å². The van der Waals surface area contributed by atoms with Crippen molar-refractivity contribution >= 4 is 11.0 Å². The van der Waals surface area contributed by atoms with Crippen LogP contribution in [0.4, 0.5) is 0 Å². The van der Waals surface area contributed by atoms with Crippen LogP contribution >= 0.6 is 0 Å².